The van der Waals surface area contributed by atoms with E-state index in [9.17, 15) is 19.5 Å². The Labute approximate surface area is 492 Å². The minimum atomic E-state index is -1.50. The molecule has 0 heterocycles. The second kappa shape index (κ2) is 62.3. The molecule has 0 aromatic heterocycles. The summed E-state index contributed by atoms with van der Waals surface area (Å²) in [5.41, 5.74) is 0. The van der Waals surface area contributed by atoms with Crippen molar-refractivity contribution >= 4 is 17.9 Å². The third kappa shape index (κ3) is 63.7. The molecule has 0 radical (unpaired) electrons. The van der Waals surface area contributed by atoms with Gasteiger partial charge in [0.05, 0.1) is 34.4 Å². The summed E-state index contributed by atoms with van der Waals surface area (Å²) >= 11 is 0. The second-order valence-corrected chi connectivity index (χ2v) is 25.6. The van der Waals surface area contributed by atoms with Crippen LogP contribution in [0, 0.1) is 0 Å². The molecule has 0 rings (SSSR count). The van der Waals surface area contributed by atoms with Gasteiger partial charge in [-0.3, -0.25) is 9.59 Å². The highest BCUT2D eigenvalue weighted by Crippen LogP contribution is 2.20. The van der Waals surface area contributed by atoms with Crippen LogP contribution in [0.25, 0.3) is 0 Å². The molecule has 0 aliphatic rings. The number of quaternary nitrogens is 1. The molecule has 0 aromatic carbocycles. The van der Waals surface area contributed by atoms with E-state index in [1.54, 1.807) is 0 Å². The van der Waals surface area contributed by atoms with Gasteiger partial charge in [-0.25, -0.2) is 4.79 Å². The van der Waals surface area contributed by atoms with E-state index >= 15 is 0 Å². The average Bonchev–Trinajstić information content (AvgIpc) is 3.42. The molecular formula is C70H138NO8+. The number of rotatable bonds is 67. The van der Waals surface area contributed by atoms with Gasteiger partial charge in [-0.1, -0.05) is 348 Å². The average molecular weight is 1120 g/mol. The number of esters is 2. The smallest absolute Gasteiger partial charge is 0.361 e. The third-order valence-electron chi connectivity index (χ3n) is 16.4. The largest absolute Gasteiger partial charge is 0.477 e. The number of aliphatic carboxylic acids is 1. The van der Waals surface area contributed by atoms with E-state index < -0.39 is 18.4 Å². The highest BCUT2D eigenvalue weighted by Gasteiger charge is 2.25. The first-order valence-electron chi connectivity index (χ1n) is 35.2. The van der Waals surface area contributed by atoms with Crippen LogP contribution in [0.2, 0.25) is 0 Å². The fraction of sp³-hybridized carbons (Fsp3) is 0.957. The Morgan fingerprint density at radius 3 is 0.810 bits per heavy atom. The van der Waals surface area contributed by atoms with Crippen LogP contribution in [-0.2, 0) is 33.3 Å². The molecule has 470 valence electrons. The lowest BCUT2D eigenvalue weighted by atomic mass is 10.0. The van der Waals surface area contributed by atoms with Crippen LogP contribution in [0.3, 0.4) is 0 Å². The van der Waals surface area contributed by atoms with E-state index in [1.807, 2.05) is 21.1 Å². The lowest BCUT2D eigenvalue weighted by Gasteiger charge is -2.25. The Morgan fingerprint density at radius 2 is 0.570 bits per heavy atom. The van der Waals surface area contributed by atoms with Crippen LogP contribution < -0.4 is 0 Å². The molecule has 0 aromatic rings. The van der Waals surface area contributed by atoms with Crippen molar-refractivity contribution in [3.63, 3.8) is 0 Å². The van der Waals surface area contributed by atoms with Gasteiger partial charge in [0, 0.05) is 12.8 Å². The predicted molar refractivity (Wildman–Crippen MR) is 337 cm³/mol. The summed E-state index contributed by atoms with van der Waals surface area (Å²) in [5, 5.41) is 9.71. The molecule has 0 aliphatic heterocycles. The van der Waals surface area contributed by atoms with Crippen molar-refractivity contribution in [2.75, 3.05) is 47.5 Å². The number of hydrogen-bond donors (Lipinski definition) is 1. The van der Waals surface area contributed by atoms with E-state index in [4.69, 9.17) is 18.9 Å². The van der Waals surface area contributed by atoms with Crippen LogP contribution >= 0.6 is 0 Å². The maximum atomic E-state index is 12.9. The minimum absolute atomic E-state index is 0.172. The number of unbranched alkanes of at least 4 members (excludes halogenated alkanes) is 52. The van der Waals surface area contributed by atoms with Gasteiger partial charge in [-0.05, 0) is 12.8 Å². The number of carbonyl (C=O) groups excluding carboxylic acids is 2. The summed E-state index contributed by atoms with van der Waals surface area (Å²) < 4.78 is 22.9. The zero-order chi connectivity index (χ0) is 57.6. The summed E-state index contributed by atoms with van der Waals surface area (Å²) in [5.74, 6) is -1.97. The first kappa shape index (κ1) is 77.3. The quantitative estimate of drug-likeness (QED) is 0.0278. The Kier molecular flexibility index (Phi) is 61.0. The van der Waals surface area contributed by atoms with Crippen molar-refractivity contribution in [3.8, 4) is 0 Å². The van der Waals surface area contributed by atoms with Crippen LogP contribution in [0.5, 0.6) is 0 Å². The van der Waals surface area contributed by atoms with Crippen LogP contribution in [-0.4, -0.2) is 87.4 Å². The van der Waals surface area contributed by atoms with Gasteiger partial charge in [0.15, 0.2) is 6.10 Å². The van der Waals surface area contributed by atoms with Crippen molar-refractivity contribution in [1.29, 1.82) is 0 Å². The summed E-state index contributed by atoms with van der Waals surface area (Å²) in [6.07, 6.45) is 71.1. The normalized spacial score (nSPS) is 12.6. The van der Waals surface area contributed by atoms with Gasteiger partial charge in [0.1, 0.15) is 13.2 Å². The SMILES string of the molecule is CCCCCCCCCCCCCCCCCCCCCCCCCCCCCCCCCCCCCCCCCCC(=O)OC(COC(=O)CCCCCCCCCCCCCCCC)COC(OCC[N+](C)(C)C)C(=O)O. The number of carboxylic acid groups (broad SMARTS) is 1. The Hall–Kier alpha value is -1.71. The van der Waals surface area contributed by atoms with Crippen molar-refractivity contribution < 1.29 is 42.9 Å². The van der Waals surface area contributed by atoms with Gasteiger partial charge in [-0.15, -0.1) is 0 Å². The van der Waals surface area contributed by atoms with Gasteiger partial charge in [0.25, 0.3) is 6.29 Å². The molecule has 0 spiro atoms. The molecule has 9 heteroatoms. The monoisotopic (exact) mass is 1120 g/mol. The summed E-state index contributed by atoms with van der Waals surface area (Å²) in [6, 6.07) is 0. The van der Waals surface area contributed by atoms with Crippen molar-refractivity contribution in [2.24, 2.45) is 0 Å². The molecule has 2 atom stereocenters. The van der Waals surface area contributed by atoms with Gasteiger partial charge >= 0.3 is 17.9 Å². The van der Waals surface area contributed by atoms with Gasteiger partial charge in [0.2, 0.25) is 0 Å². The molecule has 0 fully saturated rings. The Balaban J connectivity index is 3.86. The molecule has 0 bridgehead atoms. The number of carboxylic acids is 1. The van der Waals surface area contributed by atoms with E-state index in [1.165, 1.54) is 308 Å². The molecule has 1 N–H and O–H groups in total. The molecule has 0 aliphatic carbocycles. The number of nitrogens with zero attached hydrogens (tertiary/aromatic N) is 1. The highest BCUT2D eigenvalue weighted by molar-refractivity contribution is 5.71. The van der Waals surface area contributed by atoms with Gasteiger partial charge < -0.3 is 28.5 Å². The van der Waals surface area contributed by atoms with Crippen molar-refractivity contribution in [3.05, 3.63) is 0 Å². The number of hydrogen-bond acceptors (Lipinski definition) is 7. The number of likely N-dealkylation sites (N-methyl/N-ethyl adjacent to an activating group) is 1. The van der Waals surface area contributed by atoms with E-state index in [0.717, 1.165) is 38.5 Å². The summed E-state index contributed by atoms with van der Waals surface area (Å²) in [4.78, 5) is 37.5. The number of ether oxygens (including phenoxy) is 4. The molecular weight excluding hydrogens is 983 g/mol. The van der Waals surface area contributed by atoms with Crippen LogP contribution in [0.4, 0.5) is 0 Å². The van der Waals surface area contributed by atoms with E-state index in [2.05, 4.69) is 13.8 Å². The van der Waals surface area contributed by atoms with Crippen LogP contribution in [0.15, 0.2) is 0 Å². The van der Waals surface area contributed by atoms with Crippen molar-refractivity contribution in [1.82, 2.24) is 0 Å². The molecule has 0 amide bonds. The first-order valence-corrected chi connectivity index (χ1v) is 35.2. The highest BCUT2D eigenvalue weighted by atomic mass is 16.7. The summed E-state index contributed by atoms with van der Waals surface area (Å²) in [6.45, 7) is 4.95. The molecule has 79 heavy (non-hydrogen) atoms. The number of carbonyl (C=O) groups is 3. The predicted octanol–water partition coefficient (Wildman–Crippen LogP) is 21.5. The zero-order valence-corrected chi connectivity index (χ0v) is 53.8. The Morgan fingerprint density at radius 1 is 0.329 bits per heavy atom. The lowest BCUT2D eigenvalue weighted by molar-refractivity contribution is -0.870. The molecule has 9 nitrogen and oxygen atoms in total. The summed E-state index contributed by atoms with van der Waals surface area (Å²) in [7, 11) is 5.99. The Bertz CT molecular complexity index is 1260. The van der Waals surface area contributed by atoms with Crippen molar-refractivity contribution in [2.45, 2.75) is 386 Å². The topological polar surface area (TPSA) is 108 Å². The van der Waals surface area contributed by atoms with Crippen LogP contribution in [0.1, 0.15) is 373 Å². The second-order valence-electron chi connectivity index (χ2n) is 25.6. The molecule has 0 saturated carbocycles. The maximum absolute atomic E-state index is 12.9. The first-order chi connectivity index (χ1) is 38.6. The standard InChI is InChI=1S/C70H137NO8/c1-6-8-10-12-14-16-18-20-22-23-24-25-26-27-28-29-30-31-32-33-34-35-36-37-38-39-40-41-42-43-44-45-46-47-49-51-53-55-57-59-61-68(73)79-66(65-78-70(69(74)75)76-63-62-71(3,4)5)64-77-67(72)60-58-56-54-52-50-48-21-19-17-15-13-11-9-7-2/h66,70H,6-65H2,1-5H3/p+1. The minimum Gasteiger partial charge on any atom is -0.477 e. The lowest BCUT2D eigenvalue weighted by Crippen LogP contribution is -2.40. The fourth-order valence-corrected chi connectivity index (χ4v) is 11.0. The molecule has 0 saturated heterocycles. The fourth-order valence-electron chi connectivity index (χ4n) is 11.0. The zero-order valence-electron chi connectivity index (χ0n) is 53.8. The maximum Gasteiger partial charge on any atom is 0.361 e. The van der Waals surface area contributed by atoms with E-state index in [0.29, 0.717) is 17.4 Å². The van der Waals surface area contributed by atoms with Gasteiger partial charge in [-0.2, -0.15) is 0 Å². The third-order valence-corrected chi connectivity index (χ3v) is 16.4. The van der Waals surface area contributed by atoms with E-state index in [-0.39, 0.29) is 38.2 Å². The molecule has 2 unspecified atom stereocenters.